The molecule has 0 saturated carbocycles. The molecule has 0 aliphatic carbocycles. The number of anilines is 2. The highest BCUT2D eigenvalue weighted by Gasteiger charge is 2.41. The van der Waals surface area contributed by atoms with Crippen LogP contribution in [0.1, 0.15) is 47.8 Å². The van der Waals surface area contributed by atoms with Crippen LogP contribution < -0.4 is 15.1 Å². The van der Waals surface area contributed by atoms with Crippen molar-refractivity contribution in [3.8, 4) is 0 Å². The van der Waals surface area contributed by atoms with Gasteiger partial charge in [0.15, 0.2) is 5.11 Å². The molecule has 0 bridgehead atoms. The molecule has 5 rings (SSSR count). The number of aryl methyl sites for hydroxylation is 1. The van der Waals surface area contributed by atoms with Crippen molar-refractivity contribution in [3.05, 3.63) is 75.2 Å². The standard InChI is InChI=1S/C26H29ClN4S2/c1-16-12-17(2)15-30(14-16)22-9-8-19(13-20(22)27)31-25(23-10-7-18(3)33-23)24(29-26(31)32)21-6-4-5-11-28-21/h4-11,13,16-17,24-25H,12,14-15H2,1-3H3,(H,29,32)/t16-,17+,24-,25-/m1/s1. The number of pyridine rings is 1. The Bertz CT molecular complexity index is 1140. The van der Waals surface area contributed by atoms with Gasteiger partial charge in [0, 0.05) is 34.7 Å². The van der Waals surface area contributed by atoms with Crippen LogP contribution in [0.25, 0.3) is 0 Å². The van der Waals surface area contributed by atoms with E-state index in [2.05, 4.69) is 77.3 Å². The van der Waals surface area contributed by atoms with Crippen LogP contribution in [-0.2, 0) is 0 Å². The Morgan fingerprint density at radius 3 is 2.52 bits per heavy atom. The fraction of sp³-hybridized carbons (Fsp3) is 0.385. The minimum atomic E-state index is -0.0287. The average Bonchev–Trinajstić information content (AvgIpc) is 3.36. The second kappa shape index (κ2) is 9.24. The number of rotatable bonds is 4. The van der Waals surface area contributed by atoms with E-state index in [1.165, 1.54) is 16.2 Å². The molecule has 1 N–H and O–H groups in total. The third kappa shape index (κ3) is 4.48. The Morgan fingerprint density at radius 2 is 1.88 bits per heavy atom. The van der Waals surface area contributed by atoms with Crippen LogP contribution in [0, 0.1) is 18.8 Å². The highest BCUT2D eigenvalue weighted by atomic mass is 35.5. The van der Waals surface area contributed by atoms with Gasteiger partial charge in [-0.3, -0.25) is 4.98 Å². The predicted molar refractivity (Wildman–Crippen MR) is 144 cm³/mol. The van der Waals surface area contributed by atoms with Crippen molar-refractivity contribution in [2.45, 2.75) is 39.3 Å². The molecule has 2 aliphatic rings. The highest BCUT2D eigenvalue weighted by Crippen LogP contribution is 2.45. The second-order valence-corrected chi connectivity index (χ2v) is 11.5. The number of thiocarbonyl (C=S) groups is 1. The number of benzene rings is 1. The average molecular weight is 497 g/mol. The molecule has 2 aromatic heterocycles. The monoisotopic (exact) mass is 496 g/mol. The third-order valence-electron chi connectivity index (χ3n) is 6.57. The fourth-order valence-electron chi connectivity index (χ4n) is 5.30. The molecule has 3 aromatic rings. The van der Waals surface area contributed by atoms with E-state index in [9.17, 15) is 0 Å². The van der Waals surface area contributed by atoms with E-state index in [-0.39, 0.29) is 12.1 Å². The zero-order valence-electron chi connectivity index (χ0n) is 19.2. The van der Waals surface area contributed by atoms with Crippen molar-refractivity contribution in [1.82, 2.24) is 10.3 Å². The number of piperidine rings is 1. The third-order valence-corrected chi connectivity index (χ3v) is 8.26. The van der Waals surface area contributed by atoms with Gasteiger partial charge in [0.25, 0.3) is 0 Å². The molecule has 4 nitrogen and oxygen atoms in total. The zero-order chi connectivity index (χ0) is 23.1. The molecular formula is C26H29ClN4S2. The minimum absolute atomic E-state index is 0.0167. The Morgan fingerprint density at radius 1 is 1.09 bits per heavy atom. The number of halogens is 1. The van der Waals surface area contributed by atoms with Crippen LogP contribution in [0.15, 0.2) is 54.7 Å². The molecule has 2 fully saturated rings. The lowest BCUT2D eigenvalue weighted by molar-refractivity contribution is 0.357. The number of aromatic nitrogens is 1. The van der Waals surface area contributed by atoms with Crippen LogP contribution >= 0.6 is 35.2 Å². The van der Waals surface area contributed by atoms with E-state index < -0.39 is 0 Å². The van der Waals surface area contributed by atoms with Gasteiger partial charge in [0.05, 0.1) is 28.5 Å². The summed E-state index contributed by atoms with van der Waals surface area (Å²) in [4.78, 5) is 11.8. The lowest BCUT2D eigenvalue weighted by Gasteiger charge is -2.37. The molecule has 0 radical (unpaired) electrons. The van der Waals surface area contributed by atoms with Crippen molar-refractivity contribution in [2.24, 2.45) is 11.8 Å². The summed E-state index contributed by atoms with van der Waals surface area (Å²) in [6, 6.07) is 16.8. The van der Waals surface area contributed by atoms with Crippen LogP contribution in [0.4, 0.5) is 11.4 Å². The number of hydrogen-bond donors (Lipinski definition) is 1. The number of nitrogens with zero attached hydrogens (tertiary/aromatic N) is 3. The van der Waals surface area contributed by atoms with Crippen LogP contribution in [0.2, 0.25) is 5.02 Å². The Kier molecular flexibility index (Phi) is 6.34. The minimum Gasteiger partial charge on any atom is -0.370 e. The first-order valence-electron chi connectivity index (χ1n) is 11.5. The number of nitrogens with one attached hydrogen (secondary N) is 1. The molecule has 2 aliphatic heterocycles. The SMILES string of the molecule is Cc1ccc([C@@H]2[C@@H](c3ccccn3)NC(=S)N2c2ccc(N3C[C@H](C)C[C@H](C)C3)c(Cl)c2)s1. The summed E-state index contributed by atoms with van der Waals surface area (Å²) in [7, 11) is 0. The van der Waals surface area contributed by atoms with E-state index in [1.54, 1.807) is 11.3 Å². The van der Waals surface area contributed by atoms with Crippen LogP contribution in [0.3, 0.4) is 0 Å². The van der Waals surface area contributed by atoms with E-state index >= 15 is 0 Å². The van der Waals surface area contributed by atoms with E-state index in [0.717, 1.165) is 35.2 Å². The Hall–Kier alpha value is -2.15. The number of thiophene rings is 1. The van der Waals surface area contributed by atoms with Gasteiger partial charge >= 0.3 is 0 Å². The lowest BCUT2D eigenvalue weighted by Crippen LogP contribution is -2.38. The molecule has 172 valence electrons. The maximum atomic E-state index is 6.89. The molecule has 0 amide bonds. The largest absolute Gasteiger partial charge is 0.370 e. The van der Waals surface area contributed by atoms with Crippen LogP contribution in [0.5, 0.6) is 0 Å². The predicted octanol–water partition coefficient (Wildman–Crippen LogP) is 6.76. The van der Waals surface area contributed by atoms with E-state index in [0.29, 0.717) is 16.9 Å². The highest BCUT2D eigenvalue weighted by molar-refractivity contribution is 7.80. The Labute approximate surface area is 210 Å². The van der Waals surface area contributed by atoms with Gasteiger partial charge < -0.3 is 15.1 Å². The molecule has 0 unspecified atom stereocenters. The summed E-state index contributed by atoms with van der Waals surface area (Å²) < 4.78 is 0. The summed E-state index contributed by atoms with van der Waals surface area (Å²) >= 11 is 14.6. The molecule has 2 saturated heterocycles. The zero-order valence-corrected chi connectivity index (χ0v) is 21.6. The first-order valence-corrected chi connectivity index (χ1v) is 13.1. The van der Waals surface area contributed by atoms with Crippen molar-refractivity contribution >= 4 is 51.6 Å². The fourth-order valence-corrected chi connectivity index (χ4v) is 6.94. The lowest BCUT2D eigenvalue weighted by atomic mass is 9.91. The summed E-state index contributed by atoms with van der Waals surface area (Å²) in [6.07, 6.45) is 3.11. The quantitative estimate of drug-likeness (QED) is 0.403. The van der Waals surface area contributed by atoms with E-state index in [1.807, 2.05) is 18.3 Å². The topological polar surface area (TPSA) is 31.4 Å². The van der Waals surface area contributed by atoms with Gasteiger partial charge in [-0.1, -0.05) is 31.5 Å². The molecular weight excluding hydrogens is 468 g/mol. The van der Waals surface area contributed by atoms with Crippen molar-refractivity contribution in [2.75, 3.05) is 22.9 Å². The Balaban J connectivity index is 1.51. The molecule has 4 atom stereocenters. The molecule has 4 heterocycles. The summed E-state index contributed by atoms with van der Waals surface area (Å²) in [5.41, 5.74) is 3.10. The first kappa shape index (κ1) is 22.6. The maximum absolute atomic E-state index is 6.89. The van der Waals surface area contributed by atoms with E-state index in [4.69, 9.17) is 23.8 Å². The van der Waals surface area contributed by atoms with Crippen molar-refractivity contribution < 1.29 is 0 Å². The molecule has 1 aromatic carbocycles. The van der Waals surface area contributed by atoms with Gasteiger partial charge in [-0.25, -0.2) is 0 Å². The van der Waals surface area contributed by atoms with Gasteiger partial charge in [-0.2, -0.15) is 0 Å². The molecule has 7 heteroatoms. The maximum Gasteiger partial charge on any atom is 0.174 e. The van der Waals surface area contributed by atoms with Gasteiger partial charge in [0.2, 0.25) is 0 Å². The summed E-state index contributed by atoms with van der Waals surface area (Å²) in [5.74, 6) is 1.34. The smallest absolute Gasteiger partial charge is 0.174 e. The second-order valence-electron chi connectivity index (χ2n) is 9.43. The number of hydrogen-bond acceptors (Lipinski definition) is 4. The molecule has 0 spiro atoms. The van der Waals surface area contributed by atoms with Gasteiger partial charge in [0.1, 0.15) is 0 Å². The normalized spacial score (nSPS) is 25.4. The first-order chi connectivity index (χ1) is 15.9. The van der Waals surface area contributed by atoms with Crippen LogP contribution in [-0.4, -0.2) is 23.2 Å². The van der Waals surface area contributed by atoms with Crippen molar-refractivity contribution in [1.29, 1.82) is 0 Å². The molecule has 33 heavy (non-hydrogen) atoms. The van der Waals surface area contributed by atoms with Crippen molar-refractivity contribution in [3.63, 3.8) is 0 Å². The van der Waals surface area contributed by atoms with Gasteiger partial charge in [-0.05, 0) is 79.9 Å². The summed E-state index contributed by atoms with van der Waals surface area (Å²) in [6.45, 7) is 8.88. The van der Waals surface area contributed by atoms with Gasteiger partial charge in [-0.15, -0.1) is 11.3 Å². The summed E-state index contributed by atoms with van der Waals surface area (Å²) in [5, 5.41) is 5.01.